The molecular weight excluding hydrogens is 388 g/mol. The van der Waals surface area contributed by atoms with E-state index < -0.39 is 18.2 Å². The summed E-state index contributed by atoms with van der Waals surface area (Å²) in [6, 6.07) is 6.79. The predicted octanol–water partition coefficient (Wildman–Crippen LogP) is 1.98. The van der Waals surface area contributed by atoms with Gasteiger partial charge in [-0.3, -0.25) is 14.7 Å². The average molecular weight is 405 g/mol. The number of fused-ring (bicyclic) bond motifs is 3. The molecule has 0 radical (unpaired) electrons. The van der Waals surface area contributed by atoms with E-state index >= 15 is 0 Å². The highest BCUT2D eigenvalue weighted by Crippen LogP contribution is 2.41. The van der Waals surface area contributed by atoms with Gasteiger partial charge in [-0.05, 0) is 26.0 Å². The molecule has 1 aromatic heterocycles. The Morgan fingerprint density at radius 2 is 1.84 bits per heavy atom. The van der Waals surface area contributed by atoms with Crippen LogP contribution < -0.4 is 10.2 Å². The van der Waals surface area contributed by atoms with E-state index in [1.54, 1.807) is 7.05 Å². The highest BCUT2D eigenvalue weighted by atomic mass is 79.9. The first-order valence-electron chi connectivity index (χ1n) is 7.97. The Morgan fingerprint density at radius 3 is 2.48 bits per heavy atom. The summed E-state index contributed by atoms with van der Waals surface area (Å²) in [5.41, 5.74) is 0.873. The summed E-state index contributed by atoms with van der Waals surface area (Å²) in [6.45, 7) is 3.98. The fraction of sp³-hybridized carbons (Fsp3) is 0.375. The largest absolute Gasteiger partial charge is 0.325 e. The highest BCUT2D eigenvalue weighted by Gasteiger charge is 2.53. The number of nitrogens with one attached hydrogen (secondary N) is 1. The summed E-state index contributed by atoms with van der Waals surface area (Å²) in [6.07, 6.45) is -0.479. The van der Waals surface area contributed by atoms with E-state index in [1.807, 2.05) is 47.6 Å². The molecule has 0 bridgehead atoms. The number of imide groups is 1. The molecule has 0 saturated carbocycles. The van der Waals surface area contributed by atoms with Crippen molar-refractivity contribution in [1.29, 1.82) is 0 Å². The second-order valence-electron chi connectivity index (χ2n) is 6.47. The minimum absolute atomic E-state index is 0.0306. The van der Waals surface area contributed by atoms with Crippen molar-refractivity contribution >= 4 is 33.8 Å². The molecule has 1 aromatic carbocycles. The third-order valence-corrected chi connectivity index (χ3v) is 5.16. The maximum absolute atomic E-state index is 12.5. The smallest absolute Gasteiger partial charge is 0.322 e. The minimum Gasteiger partial charge on any atom is -0.322 e. The standard InChI is InChI=1S/C16H17BrN6O2/c1-8(2)22-11-13(24)18-16(25)21(3)14(11)23-12(19-20-15(22)23)9-4-6-10(17)7-5-9/h4-8,11,14H,1-3H3,(H,18,24,25). The lowest BCUT2D eigenvalue weighted by molar-refractivity contribution is -0.125. The van der Waals surface area contributed by atoms with Crippen LogP contribution in [0.5, 0.6) is 0 Å². The molecule has 2 atom stereocenters. The van der Waals surface area contributed by atoms with Gasteiger partial charge in [-0.15, -0.1) is 10.2 Å². The molecule has 3 amide bonds. The molecule has 3 heterocycles. The lowest BCUT2D eigenvalue weighted by Gasteiger charge is -2.38. The van der Waals surface area contributed by atoms with Crippen molar-refractivity contribution < 1.29 is 9.59 Å². The number of benzene rings is 1. The van der Waals surface area contributed by atoms with E-state index in [4.69, 9.17) is 0 Å². The van der Waals surface area contributed by atoms with Crippen LogP contribution in [0, 0.1) is 0 Å². The molecule has 1 fully saturated rings. The van der Waals surface area contributed by atoms with Crippen LogP contribution in [0.4, 0.5) is 10.7 Å². The molecule has 4 rings (SSSR count). The van der Waals surface area contributed by atoms with Gasteiger partial charge in [-0.25, -0.2) is 4.79 Å². The van der Waals surface area contributed by atoms with Crippen LogP contribution in [0.25, 0.3) is 11.4 Å². The van der Waals surface area contributed by atoms with Crippen molar-refractivity contribution in [2.45, 2.75) is 32.1 Å². The van der Waals surface area contributed by atoms with Crippen LogP contribution in [-0.2, 0) is 4.79 Å². The Hall–Kier alpha value is -2.42. The van der Waals surface area contributed by atoms with Crippen molar-refractivity contribution in [2.75, 3.05) is 11.9 Å². The van der Waals surface area contributed by atoms with Crippen molar-refractivity contribution in [2.24, 2.45) is 0 Å². The maximum Gasteiger partial charge on any atom is 0.325 e. The first-order chi connectivity index (χ1) is 11.9. The third-order valence-electron chi connectivity index (χ3n) is 4.63. The van der Waals surface area contributed by atoms with Crippen molar-refractivity contribution in [3.8, 4) is 11.4 Å². The number of rotatable bonds is 2. The number of nitrogens with zero attached hydrogens (tertiary/aromatic N) is 5. The zero-order valence-corrected chi connectivity index (χ0v) is 15.6. The van der Waals surface area contributed by atoms with Crippen LogP contribution in [0.3, 0.4) is 0 Å². The molecule has 2 aliphatic heterocycles. The van der Waals surface area contributed by atoms with Gasteiger partial charge in [0, 0.05) is 23.1 Å². The van der Waals surface area contributed by atoms with Gasteiger partial charge in [0.15, 0.2) is 11.9 Å². The number of halogens is 1. The van der Waals surface area contributed by atoms with E-state index in [1.165, 1.54) is 4.90 Å². The molecule has 2 aliphatic rings. The molecule has 8 nitrogen and oxygen atoms in total. The number of urea groups is 1. The van der Waals surface area contributed by atoms with Gasteiger partial charge in [0.1, 0.15) is 6.17 Å². The van der Waals surface area contributed by atoms with Crippen molar-refractivity contribution in [3.63, 3.8) is 0 Å². The first kappa shape index (κ1) is 16.1. The van der Waals surface area contributed by atoms with Gasteiger partial charge in [-0.1, -0.05) is 28.1 Å². The Morgan fingerprint density at radius 1 is 1.16 bits per heavy atom. The number of anilines is 1. The number of carbonyl (C=O) groups excluding carboxylic acids is 2. The number of hydrogen-bond donors (Lipinski definition) is 1. The topological polar surface area (TPSA) is 83.4 Å². The molecule has 25 heavy (non-hydrogen) atoms. The third kappa shape index (κ3) is 2.25. The van der Waals surface area contributed by atoms with E-state index in [2.05, 4.69) is 31.4 Å². The van der Waals surface area contributed by atoms with Crippen LogP contribution >= 0.6 is 15.9 Å². The molecule has 1 saturated heterocycles. The fourth-order valence-electron chi connectivity index (χ4n) is 3.49. The van der Waals surface area contributed by atoms with Gasteiger partial charge in [-0.2, -0.15) is 0 Å². The minimum atomic E-state index is -0.526. The summed E-state index contributed by atoms with van der Waals surface area (Å²) in [4.78, 5) is 28.1. The van der Waals surface area contributed by atoms with Crippen LogP contribution in [0.2, 0.25) is 0 Å². The molecule has 2 aromatic rings. The summed E-state index contributed by atoms with van der Waals surface area (Å²) in [5, 5.41) is 11.1. The molecule has 130 valence electrons. The zero-order valence-electron chi connectivity index (χ0n) is 14.0. The number of aromatic nitrogens is 3. The first-order valence-corrected chi connectivity index (χ1v) is 8.76. The number of hydrogen-bond acceptors (Lipinski definition) is 5. The molecule has 2 unspecified atom stereocenters. The SMILES string of the molecule is CC(C)N1c2nnc(-c3ccc(Br)cc3)n2C2C1C(=O)NC(=O)N2C. The second-order valence-corrected chi connectivity index (χ2v) is 7.38. The number of amides is 3. The molecule has 0 spiro atoms. The lowest BCUT2D eigenvalue weighted by atomic mass is 10.1. The zero-order chi connectivity index (χ0) is 17.9. The highest BCUT2D eigenvalue weighted by molar-refractivity contribution is 9.10. The number of likely N-dealkylation sites (N-methyl/N-ethyl adjacent to an activating group) is 1. The molecule has 0 aliphatic carbocycles. The summed E-state index contributed by atoms with van der Waals surface area (Å²) in [5.74, 6) is 0.920. The Labute approximate surface area is 152 Å². The molecule has 1 N–H and O–H groups in total. The van der Waals surface area contributed by atoms with Gasteiger partial charge < -0.3 is 9.80 Å². The van der Waals surface area contributed by atoms with Crippen LogP contribution in [-0.4, -0.2) is 50.7 Å². The van der Waals surface area contributed by atoms with Crippen LogP contribution in [0.15, 0.2) is 28.7 Å². The molecular formula is C16H17BrN6O2. The summed E-state index contributed by atoms with van der Waals surface area (Å²) >= 11 is 3.42. The predicted molar refractivity (Wildman–Crippen MR) is 94.9 cm³/mol. The Balaban J connectivity index is 1.90. The van der Waals surface area contributed by atoms with E-state index in [-0.39, 0.29) is 11.9 Å². The monoisotopic (exact) mass is 404 g/mol. The van der Waals surface area contributed by atoms with Crippen molar-refractivity contribution in [3.05, 3.63) is 28.7 Å². The van der Waals surface area contributed by atoms with Crippen LogP contribution in [0.1, 0.15) is 20.0 Å². The molecule has 9 heteroatoms. The van der Waals surface area contributed by atoms with E-state index in [0.29, 0.717) is 11.8 Å². The summed E-state index contributed by atoms with van der Waals surface area (Å²) < 4.78 is 2.84. The van der Waals surface area contributed by atoms with Gasteiger partial charge in [0.25, 0.3) is 5.91 Å². The normalized spacial score (nSPS) is 22.3. The average Bonchev–Trinajstić information content (AvgIpc) is 3.11. The Bertz CT molecular complexity index is 862. The maximum atomic E-state index is 12.5. The Kier molecular flexibility index (Phi) is 3.57. The lowest BCUT2D eigenvalue weighted by Crippen LogP contribution is -2.62. The quantitative estimate of drug-likeness (QED) is 0.827. The van der Waals surface area contributed by atoms with Crippen molar-refractivity contribution in [1.82, 2.24) is 25.0 Å². The number of carbonyl (C=O) groups is 2. The van der Waals surface area contributed by atoms with E-state index in [0.717, 1.165) is 10.0 Å². The van der Waals surface area contributed by atoms with Gasteiger partial charge >= 0.3 is 6.03 Å². The second kappa shape index (κ2) is 5.55. The fourth-order valence-corrected chi connectivity index (χ4v) is 3.76. The van der Waals surface area contributed by atoms with Gasteiger partial charge in [0.05, 0.1) is 0 Å². The van der Waals surface area contributed by atoms with Gasteiger partial charge in [0.2, 0.25) is 5.95 Å². The van der Waals surface area contributed by atoms with E-state index in [9.17, 15) is 9.59 Å². The summed E-state index contributed by atoms with van der Waals surface area (Å²) in [7, 11) is 1.68.